The van der Waals surface area contributed by atoms with Crippen molar-refractivity contribution in [2.45, 2.75) is 38.3 Å². The molecule has 0 aromatic carbocycles. The molecule has 2 N–H and O–H groups in total. The summed E-state index contributed by atoms with van der Waals surface area (Å²) < 4.78 is 41.5. The van der Waals surface area contributed by atoms with Crippen molar-refractivity contribution in [1.82, 2.24) is 19.7 Å². The van der Waals surface area contributed by atoms with Crippen LogP contribution in [0.15, 0.2) is 24.0 Å². The fourth-order valence-electron chi connectivity index (χ4n) is 3.95. The summed E-state index contributed by atoms with van der Waals surface area (Å²) >= 11 is 0. The molecule has 0 amide bonds. The minimum absolute atomic E-state index is 0.0281. The maximum absolute atomic E-state index is 13.5. The second-order valence-electron chi connectivity index (χ2n) is 6.75. The number of nitrogens with zero attached hydrogens (tertiary/aromatic N) is 4. The Hall–Kier alpha value is -2.38. The molecule has 3 aliphatic carbocycles. The van der Waals surface area contributed by atoms with E-state index in [0.717, 1.165) is 29.5 Å². The van der Waals surface area contributed by atoms with Crippen LogP contribution in [0.2, 0.25) is 0 Å². The van der Waals surface area contributed by atoms with E-state index in [4.69, 9.17) is 5.73 Å². The van der Waals surface area contributed by atoms with Gasteiger partial charge in [0, 0.05) is 18.0 Å². The number of hydrogen-bond acceptors (Lipinski definition) is 4. The van der Waals surface area contributed by atoms with Gasteiger partial charge >= 0.3 is 6.18 Å². The molecule has 5 nitrogen and oxygen atoms in total. The third kappa shape index (κ3) is 2.89. The Morgan fingerprint density at radius 2 is 1.80 bits per heavy atom. The summed E-state index contributed by atoms with van der Waals surface area (Å²) in [4.78, 5) is 7.91. The molecule has 0 atom stereocenters. The monoisotopic (exact) mass is 349 g/mol. The maximum Gasteiger partial charge on any atom is 0.435 e. The van der Waals surface area contributed by atoms with Gasteiger partial charge in [0.05, 0.1) is 0 Å². The highest BCUT2D eigenvalue weighted by atomic mass is 19.4. The molecule has 8 heteroatoms. The van der Waals surface area contributed by atoms with Crippen molar-refractivity contribution < 1.29 is 13.2 Å². The predicted octanol–water partition coefficient (Wildman–Crippen LogP) is 3.86. The molecule has 0 unspecified atom stereocenters. The average Bonchev–Trinajstić information content (AvgIpc) is 2.94. The van der Waals surface area contributed by atoms with Crippen molar-refractivity contribution in [3.8, 4) is 5.95 Å². The van der Waals surface area contributed by atoms with Crippen molar-refractivity contribution in [1.29, 1.82) is 0 Å². The lowest BCUT2D eigenvalue weighted by molar-refractivity contribution is -0.141. The summed E-state index contributed by atoms with van der Waals surface area (Å²) in [7, 11) is 0. The molecule has 2 bridgehead atoms. The van der Waals surface area contributed by atoms with E-state index in [1.807, 2.05) is 0 Å². The number of rotatable bonds is 2. The summed E-state index contributed by atoms with van der Waals surface area (Å²) in [5, 5.41) is 3.68. The van der Waals surface area contributed by atoms with Crippen molar-refractivity contribution in [2.24, 2.45) is 11.8 Å². The molecule has 0 spiro atoms. The largest absolute Gasteiger partial charge is 0.435 e. The van der Waals surface area contributed by atoms with Crippen LogP contribution in [-0.2, 0) is 6.18 Å². The van der Waals surface area contributed by atoms with E-state index in [1.165, 1.54) is 25.2 Å². The van der Waals surface area contributed by atoms with Crippen molar-refractivity contribution >= 4 is 11.9 Å². The Morgan fingerprint density at radius 1 is 1.12 bits per heavy atom. The summed E-state index contributed by atoms with van der Waals surface area (Å²) in [5.41, 5.74) is 6.04. The van der Waals surface area contributed by atoms with Gasteiger partial charge in [-0.15, -0.1) is 0 Å². The zero-order chi connectivity index (χ0) is 17.6. The van der Waals surface area contributed by atoms with Crippen LogP contribution in [0.3, 0.4) is 0 Å². The lowest BCUT2D eigenvalue weighted by atomic mass is 9.67. The second kappa shape index (κ2) is 5.86. The van der Waals surface area contributed by atoms with E-state index in [0.29, 0.717) is 11.8 Å². The van der Waals surface area contributed by atoms with Gasteiger partial charge in [0.15, 0.2) is 5.69 Å². The van der Waals surface area contributed by atoms with Gasteiger partial charge in [-0.2, -0.15) is 23.0 Å². The Balaban J connectivity index is 1.82. The molecule has 5 rings (SSSR count). The van der Waals surface area contributed by atoms with Crippen molar-refractivity contribution in [2.75, 3.05) is 5.73 Å². The smallest absolute Gasteiger partial charge is 0.383 e. The van der Waals surface area contributed by atoms with Crippen molar-refractivity contribution in [3.05, 3.63) is 35.3 Å². The van der Waals surface area contributed by atoms with Gasteiger partial charge in [0.25, 0.3) is 5.95 Å². The molecule has 3 saturated carbocycles. The first-order valence-electron chi connectivity index (χ1n) is 8.37. The first-order chi connectivity index (χ1) is 11.9. The normalized spacial score (nSPS) is 24.8. The molecule has 3 aliphatic rings. The van der Waals surface area contributed by atoms with E-state index >= 15 is 0 Å². The van der Waals surface area contributed by atoms with E-state index < -0.39 is 11.9 Å². The topological polar surface area (TPSA) is 69.6 Å². The van der Waals surface area contributed by atoms with Crippen LogP contribution >= 0.6 is 0 Å². The van der Waals surface area contributed by atoms with Crippen LogP contribution in [0.25, 0.3) is 12.0 Å². The molecule has 132 valence electrons. The minimum atomic E-state index is -4.59. The fourth-order valence-corrected chi connectivity index (χ4v) is 3.95. The number of anilines is 1. The first kappa shape index (κ1) is 16.1. The second-order valence-corrected chi connectivity index (χ2v) is 6.75. The van der Waals surface area contributed by atoms with Crippen LogP contribution in [0, 0.1) is 11.8 Å². The zero-order valence-electron chi connectivity index (χ0n) is 13.5. The number of allylic oxidation sites excluding steroid dienone is 1. The van der Waals surface area contributed by atoms with Crippen LogP contribution in [-0.4, -0.2) is 19.7 Å². The van der Waals surface area contributed by atoms with Gasteiger partial charge < -0.3 is 5.73 Å². The zero-order valence-corrected chi connectivity index (χ0v) is 13.5. The van der Waals surface area contributed by atoms with Crippen LogP contribution in [0.5, 0.6) is 0 Å². The van der Waals surface area contributed by atoms with Gasteiger partial charge in [0.1, 0.15) is 5.82 Å². The molecule has 2 heterocycles. The molecule has 0 aliphatic heterocycles. The lowest BCUT2D eigenvalue weighted by Gasteiger charge is -2.38. The third-order valence-electron chi connectivity index (χ3n) is 5.19. The fraction of sp³-hybridized carbons (Fsp3) is 0.471. The van der Waals surface area contributed by atoms with Gasteiger partial charge in [-0.05, 0) is 56.1 Å². The number of hydrogen-bond donors (Lipinski definition) is 1. The highest BCUT2D eigenvalue weighted by Crippen LogP contribution is 2.46. The maximum atomic E-state index is 13.5. The van der Waals surface area contributed by atoms with E-state index in [2.05, 4.69) is 15.1 Å². The summed E-state index contributed by atoms with van der Waals surface area (Å²) in [6, 6.07) is 1.58. The van der Waals surface area contributed by atoms with Crippen LogP contribution in [0.4, 0.5) is 19.0 Å². The number of nitrogen functional groups attached to an aromatic ring is 1. The highest BCUT2D eigenvalue weighted by molar-refractivity contribution is 5.68. The SMILES string of the molecule is Nc1c(/C=C2\CC3CCC2CC3)c(C(F)(F)F)nn1-c1ncccn1. The predicted molar refractivity (Wildman–Crippen MR) is 86.6 cm³/mol. The summed E-state index contributed by atoms with van der Waals surface area (Å²) in [6.45, 7) is 0. The molecular weight excluding hydrogens is 331 g/mol. The van der Waals surface area contributed by atoms with E-state index in [1.54, 1.807) is 12.1 Å². The van der Waals surface area contributed by atoms with Gasteiger partial charge in [0.2, 0.25) is 0 Å². The molecule has 2 aromatic rings. The molecular formula is C17H18F3N5. The third-order valence-corrected chi connectivity index (χ3v) is 5.19. The number of fused-ring (bicyclic) bond motifs is 3. The molecule has 2 aromatic heterocycles. The van der Waals surface area contributed by atoms with Crippen LogP contribution in [0.1, 0.15) is 43.4 Å². The number of alkyl halides is 3. The summed E-state index contributed by atoms with van der Waals surface area (Å²) in [6.07, 6.45) is 5.19. The standard InChI is InChI=1S/C17H18F3N5/c18-17(19,20)14-13(9-12-8-10-2-4-11(12)5-3-10)15(21)25(24-14)16-22-6-1-7-23-16/h1,6-7,9-11H,2-5,8,21H2/b12-9+. The van der Waals surface area contributed by atoms with Gasteiger partial charge in [-0.1, -0.05) is 5.57 Å². The first-order valence-corrected chi connectivity index (χ1v) is 8.37. The Kier molecular flexibility index (Phi) is 3.77. The number of aromatic nitrogens is 4. The quantitative estimate of drug-likeness (QED) is 0.894. The van der Waals surface area contributed by atoms with E-state index in [-0.39, 0.29) is 17.3 Å². The molecule has 0 saturated heterocycles. The van der Waals surface area contributed by atoms with Gasteiger partial charge in [-0.25, -0.2) is 9.97 Å². The number of halogens is 3. The van der Waals surface area contributed by atoms with Crippen LogP contribution < -0.4 is 5.73 Å². The molecule has 0 radical (unpaired) electrons. The average molecular weight is 349 g/mol. The number of nitrogens with two attached hydrogens (primary N) is 1. The van der Waals surface area contributed by atoms with Crippen molar-refractivity contribution in [3.63, 3.8) is 0 Å². The Morgan fingerprint density at radius 3 is 2.36 bits per heavy atom. The highest BCUT2D eigenvalue weighted by Gasteiger charge is 2.40. The molecule has 3 fully saturated rings. The lowest BCUT2D eigenvalue weighted by Crippen LogP contribution is -2.24. The molecule has 25 heavy (non-hydrogen) atoms. The Labute approximate surface area is 142 Å². The Bertz CT molecular complexity index is 802. The summed E-state index contributed by atoms with van der Waals surface area (Å²) in [5.74, 6) is 0.897. The van der Waals surface area contributed by atoms with Gasteiger partial charge in [-0.3, -0.25) is 0 Å². The van der Waals surface area contributed by atoms with E-state index in [9.17, 15) is 13.2 Å². The minimum Gasteiger partial charge on any atom is -0.383 e.